The van der Waals surface area contributed by atoms with E-state index in [2.05, 4.69) is 22.8 Å². The van der Waals surface area contributed by atoms with E-state index >= 15 is 0 Å². The zero-order chi connectivity index (χ0) is 32.5. The van der Waals surface area contributed by atoms with Crippen LogP contribution in [0.25, 0.3) is 44.3 Å². The summed E-state index contributed by atoms with van der Waals surface area (Å²) in [4.78, 5) is 32.7. The molecule has 2 aromatic heterocycles. The van der Waals surface area contributed by atoms with Crippen molar-refractivity contribution in [3.8, 4) is 34.0 Å². The molecular weight excluding hydrogens is 594 g/mol. The lowest BCUT2D eigenvalue weighted by atomic mass is 9.81. The second-order valence-corrected chi connectivity index (χ2v) is 12.4. The van der Waals surface area contributed by atoms with E-state index < -0.39 is 5.97 Å². The van der Waals surface area contributed by atoms with Crippen molar-refractivity contribution in [1.29, 1.82) is 0 Å². The highest BCUT2D eigenvalue weighted by molar-refractivity contribution is 6.00. The number of morpholine rings is 1. The van der Waals surface area contributed by atoms with Crippen molar-refractivity contribution in [2.24, 2.45) is 0 Å². The van der Waals surface area contributed by atoms with Crippen molar-refractivity contribution in [3.63, 3.8) is 0 Å². The smallest absolute Gasteiger partial charge is 0.335 e. The number of amides is 1. The van der Waals surface area contributed by atoms with E-state index in [1.165, 1.54) is 12.0 Å². The number of aromatic carboxylic acids is 1. The highest BCUT2D eigenvalue weighted by Gasteiger charge is 2.29. The molecule has 3 heterocycles. The van der Waals surface area contributed by atoms with Crippen LogP contribution in [0, 0.1) is 0 Å². The summed E-state index contributed by atoms with van der Waals surface area (Å²) in [5.41, 5.74) is 6.70. The number of carbonyl (C=O) groups is 2. The van der Waals surface area contributed by atoms with Crippen LogP contribution in [0.2, 0.25) is 0 Å². The van der Waals surface area contributed by atoms with Gasteiger partial charge in [-0.2, -0.15) is 0 Å². The van der Waals surface area contributed by atoms with E-state index in [9.17, 15) is 14.7 Å². The van der Waals surface area contributed by atoms with Gasteiger partial charge in [-0.1, -0.05) is 37.5 Å². The van der Waals surface area contributed by atoms with E-state index in [0.29, 0.717) is 43.7 Å². The number of carbonyl (C=O) groups excluding carboxylic acids is 1. The predicted octanol–water partition coefficient (Wildman–Crippen LogP) is 7.15. The second kappa shape index (κ2) is 13.1. The van der Waals surface area contributed by atoms with Crippen LogP contribution in [-0.2, 0) is 16.1 Å². The van der Waals surface area contributed by atoms with Crippen molar-refractivity contribution < 1.29 is 28.9 Å². The van der Waals surface area contributed by atoms with Gasteiger partial charge in [0.25, 0.3) is 0 Å². The van der Waals surface area contributed by atoms with Gasteiger partial charge in [-0.3, -0.25) is 4.79 Å². The third kappa shape index (κ3) is 6.03. The molecule has 1 amide bonds. The number of carboxylic acid groups (broad SMARTS) is 1. The van der Waals surface area contributed by atoms with Gasteiger partial charge in [0.1, 0.15) is 18.0 Å². The Hall–Kier alpha value is -4.89. The molecule has 1 N–H and O–H groups in total. The van der Waals surface area contributed by atoms with Crippen molar-refractivity contribution in [2.75, 3.05) is 40.5 Å². The first-order valence-corrected chi connectivity index (χ1v) is 16.3. The molecule has 5 aromatic rings. The van der Waals surface area contributed by atoms with Crippen LogP contribution >= 0.6 is 0 Å². The minimum Gasteiger partial charge on any atom is -0.497 e. The Morgan fingerprint density at radius 3 is 2.32 bits per heavy atom. The van der Waals surface area contributed by atoms with Crippen LogP contribution in [0.4, 0.5) is 0 Å². The fourth-order valence-corrected chi connectivity index (χ4v) is 7.23. The molecule has 3 aromatic carbocycles. The summed E-state index contributed by atoms with van der Waals surface area (Å²) in [6.07, 6.45) is 5.64. The van der Waals surface area contributed by atoms with Crippen LogP contribution in [-0.4, -0.2) is 72.0 Å². The monoisotopic (exact) mass is 633 g/mol. The molecule has 1 aliphatic heterocycles. The van der Waals surface area contributed by atoms with E-state index in [4.69, 9.17) is 19.2 Å². The minimum atomic E-state index is -0.985. The number of benzene rings is 3. The van der Waals surface area contributed by atoms with Crippen molar-refractivity contribution in [3.05, 3.63) is 77.9 Å². The normalized spacial score (nSPS) is 15.7. The molecule has 0 atom stereocenters. The lowest BCUT2D eigenvalue weighted by molar-refractivity contribution is -0.135. The minimum absolute atomic E-state index is 0.00295. The number of methoxy groups -OCH3 is 2. The molecule has 1 saturated carbocycles. The van der Waals surface area contributed by atoms with Crippen LogP contribution in [0.3, 0.4) is 0 Å². The van der Waals surface area contributed by atoms with Crippen molar-refractivity contribution in [1.82, 2.24) is 14.5 Å². The topological polar surface area (TPSA) is 103 Å². The van der Waals surface area contributed by atoms with Gasteiger partial charge in [0.2, 0.25) is 5.91 Å². The number of rotatable bonds is 8. The average Bonchev–Trinajstić information content (AvgIpc) is 3.44. The van der Waals surface area contributed by atoms with Crippen molar-refractivity contribution in [2.45, 2.75) is 44.6 Å². The summed E-state index contributed by atoms with van der Waals surface area (Å²) < 4.78 is 18.5. The maximum absolute atomic E-state index is 13.8. The fourth-order valence-electron chi connectivity index (χ4n) is 7.23. The van der Waals surface area contributed by atoms with Crippen LogP contribution in [0.5, 0.6) is 11.5 Å². The zero-order valence-electron chi connectivity index (χ0n) is 26.8. The molecule has 47 heavy (non-hydrogen) atoms. The first-order chi connectivity index (χ1) is 22.9. The highest BCUT2D eigenvalue weighted by Crippen LogP contribution is 2.45. The molecule has 1 saturated heterocycles. The maximum atomic E-state index is 13.8. The Labute approximate surface area is 273 Å². The lowest BCUT2D eigenvalue weighted by Crippen LogP contribution is -2.42. The molecule has 7 rings (SSSR count). The van der Waals surface area contributed by atoms with Gasteiger partial charge >= 0.3 is 5.97 Å². The summed E-state index contributed by atoms with van der Waals surface area (Å²) in [5.74, 6) is 0.718. The van der Waals surface area contributed by atoms with Crippen molar-refractivity contribution >= 4 is 33.7 Å². The summed E-state index contributed by atoms with van der Waals surface area (Å²) in [7, 11) is 3.26. The molecule has 0 spiro atoms. The van der Waals surface area contributed by atoms with Gasteiger partial charge in [0.05, 0.1) is 55.4 Å². The van der Waals surface area contributed by atoms with Gasteiger partial charge in [0, 0.05) is 35.5 Å². The molecule has 0 bridgehead atoms. The SMILES string of the molecule is COc1cc(OC)cc(-c2ccc3cc(-c4c(C5CCCCC5)c5ccc(C(=O)O)cc5n4CC(=O)N4CCOCC4)ccc3n2)c1. The van der Waals surface area contributed by atoms with Gasteiger partial charge < -0.3 is 28.8 Å². The second-order valence-electron chi connectivity index (χ2n) is 12.4. The predicted molar refractivity (Wildman–Crippen MR) is 181 cm³/mol. The number of carboxylic acids is 1. The van der Waals surface area contributed by atoms with Crippen LogP contribution < -0.4 is 9.47 Å². The Morgan fingerprint density at radius 2 is 1.62 bits per heavy atom. The maximum Gasteiger partial charge on any atom is 0.335 e. The molecular formula is C38H39N3O6. The Morgan fingerprint density at radius 1 is 0.872 bits per heavy atom. The Kier molecular flexibility index (Phi) is 8.56. The largest absolute Gasteiger partial charge is 0.497 e. The summed E-state index contributed by atoms with van der Waals surface area (Å²) in [5, 5.41) is 11.9. The van der Waals surface area contributed by atoms with Gasteiger partial charge in [-0.25, -0.2) is 9.78 Å². The molecule has 2 aliphatic rings. The molecule has 0 radical (unpaired) electrons. The number of hydrogen-bond acceptors (Lipinski definition) is 6. The lowest BCUT2D eigenvalue weighted by Gasteiger charge is -2.28. The molecule has 1 aliphatic carbocycles. The van der Waals surface area contributed by atoms with Crippen LogP contribution in [0.15, 0.2) is 66.7 Å². The number of ether oxygens (including phenoxy) is 3. The Bertz CT molecular complexity index is 1950. The molecule has 0 unspecified atom stereocenters. The van der Waals surface area contributed by atoms with E-state index in [0.717, 1.165) is 70.0 Å². The standard InChI is InChI=1S/C38H39N3O6/c1-45-29-19-28(20-30(22-29)46-2)33-12-9-25-18-26(10-13-32(25)39-33)37-36(24-6-4-3-5-7-24)31-11-8-27(38(43)44)21-34(31)41(37)23-35(42)40-14-16-47-17-15-40/h8-13,18-22,24H,3-7,14-17,23H2,1-2H3,(H,43,44). The molecule has 9 heteroatoms. The highest BCUT2D eigenvalue weighted by atomic mass is 16.5. The van der Waals surface area contributed by atoms with E-state index in [1.54, 1.807) is 26.4 Å². The Balaban J connectivity index is 1.39. The molecule has 2 fully saturated rings. The average molecular weight is 634 g/mol. The summed E-state index contributed by atoms with van der Waals surface area (Å²) in [6, 6.07) is 21.4. The van der Waals surface area contributed by atoms with E-state index in [1.807, 2.05) is 41.3 Å². The molecule has 242 valence electrons. The first kappa shape index (κ1) is 30.7. The summed E-state index contributed by atoms with van der Waals surface area (Å²) in [6.45, 7) is 2.25. The van der Waals surface area contributed by atoms with Crippen LogP contribution in [0.1, 0.15) is 53.9 Å². The third-order valence-corrected chi connectivity index (χ3v) is 9.63. The quantitative estimate of drug-likeness (QED) is 0.194. The summed E-state index contributed by atoms with van der Waals surface area (Å²) >= 11 is 0. The third-order valence-electron chi connectivity index (χ3n) is 9.63. The number of nitrogens with zero attached hydrogens (tertiary/aromatic N) is 3. The number of hydrogen-bond donors (Lipinski definition) is 1. The first-order valence-electron chi connectivity index (χ1n) is 16.3. The van der Waals surface area contributed by atoms with E-state index in [-0.39, 0.29) is 18.0 Å². The van der Waals surface area contributed by atoms with Gasteiger partial charge in [-0.15, -0.1) is 0 Å². The van der Waals surface area contributed by atoms with Gasteiger partial charge in [-0.05, 0) is 72.4 Å². The number of aromatic nitrogens is 2. The molecule has 9 nitrogen and oxygen atoms in total. The zero-order valence-corrected chi connectivity index (χ0v) is 26.8. The number of pyridine rings is 1. The van der Waals surface area contributed by atoms with Gasteiger partial charge in [0.15, 0.2) is 0 Å². The number of fused-ring (bicyclic) bond motifs is 2. The fraction of sp³-hybridized carbons (Fsp3) is 0.342.